The fraction of sp³-hybridized carbons (Fsp3) is 0.333. The summed E-state index contributed by atoms with van der Waals surface area (Å²) in [6.45, 7) is 2.58. The molecule has 0 bridgehead atoms. The molecule has 0 aromatic heterocycles. The number of amides is 1. The first-order valence-corrected chi connectivity index (χ1v) is 5.72. The third-order valence-corrected chi connectivity index (χ3v) is 2.84. The van der Waals surface area contributed by atoms with Crippen LogP contribution in [0.25, 0.3) is 0 Å². The van der Waals surface area contributed by atoms with Gasteiger partial charge in [-0.3, -0.25) is 9.69 Å². The highest BCUT2D eigenvalue weighted by Crippen LogP contribution is 2.25. The van der Waals surface area contributed by atoms with Crippen LogP contribution in [0.5, 0.6) is 5.75 Å². The number of thiocarbonyl (C=S) groups is 1. The SMILES string of the molecule is CCOc1ccc(N2C(=O)CCC2=S)cc1. The number of rotatable bonds is 3. The van der Waals surface area contributed by atoms with Crippen molar-refractivity contribution in [2.75, 3.05) is 11.5 Å². The third-order valence-electron chi connectivity index (χ3n) is 2.46. The summed E-state index contributed by atoms with van der Waals surface area (Å²) in [5, 5.41) is 0. The second kappa shape index (κ2) is 4.61. The summed E-state index contributed by atoms with van der Waals surface area (Å²) in [5.74, 6) is 0.887. The highest BCUT2D eigenvalue weighted by Gasteiger charge is 2.26. The van der Waals surface area contributed by atoms with Gasteiger partial charge in [0.05, 0.1) is 11.6 Å². The van der Waals surface area contributed by atoms with Crippen molar-refractivity contribution >= 4 is 28.8 Å². The first kappa shape index (κ1) is 11.1. The Kier molecular flexibility index (Phi) is 3.19. The van der Waals surface area contributed by atoms with E-state index in [1.807, 2.05) is 31.2 Å². The van der Waals surface area contributed by atoms with Crippen LogP contribution in [0.4, 0.5) is 5.69 Å². The van der Waals surface area contributed by atoms with Crippen molar-refractivity contribution in [1.29, 1.82) is 0 Å². The lowest BCUT2D eigenvalue weighted by Crippen LogP contribution is -2.27. The van der Waals surface area contributed by atoms with E-state index in [2.05, 4.69) is 0 Å². The van der Waals surface area contributed by atoms with Crippen molar-refractivity contribution in [3.8, 4) is 5.75 Å². The zero-order valence-electron chi connectivity index (χ0n) is 9.10. The maximum Gasteiger partial charge on any atom is 0.232 e. The summed E-state index contributed by atoms with van der Waals surface area (Å²) < 4.78 is 5.34. The Bertz CT molecular complexity index is 398. The van der Waals surface area contributed by atoms with Gasteiger partial charge in [0.1, 0.15) is 5.75 Å². The minimum atomic E-state index is 0.0779. The lowest BCUT2D eigenvalue weighted by Gasteiger charge is -2.16. The summed E-state index contributed by atoms with van der Waals surface area (Å²) in [6, 6.07) is 7.43. The number of ether oxygens (including phenoxy) is 1. The second-order valence-electron chi connectivity index (χ2n) is 3.55. The van der Waals surface area contributed by atoms with E-state index in [-0.39, 0.29) is 5.91 Å². The number of carbonyl (C=O) groups excluding carboxylic acids is 1. The molecule has 1 saturated heterocycles. The van der Waals surface area contributed by atoms with E-state index in [0.29, 0.717) is 24.4 Å². The molecule has 2 rings (SSSR count). The van der Waals surface area contributed by atoms with Gasteiger partial charge in [-0.1, -0.05) is 12.2 Å². The van der Waals surface area contributed by atoms with E-state index in [1.54, 1.807) is 4.90 Å². The van der Waals surface area contributed by atoms with E-state index in [9.17, 15) is 4.79 Å². The van der Waals surface area contributed by atoms with Gasteiger partial charge in [0.15, 0.2) is 0 Å². The minimum Gasteiger partial charge on any atom is -0.494 e. The van der Waals surface area contributed by atoms with E-state index >= 15 is 0 Å². The maximum absolute atomic E-state index is 11.6. The average molecular weight is 235 g/mol. The molecule has 0 saturated carbocycles. The van der Waals surface area contributed by atoms with Crippen molar-refractivity contribution < 1.29 is 9.53 Å². The van der Waals surface area contributed by atoms with E-state index in [0.717, 1.165) is 11.4 Å². The van der Waals surface area contributed by atoms with E-state index in [4.69, 9.17) is 17.0 Å². The molecule has 16 heavy (non-hydrogen) atoms. The summed E-state index contributed by atoms with van der Waals surface area (Å²) in [4.78, 5) is 13.9. The lowest BCUT2D eigenvalue weighted by atomic mass is 10.3. The third kappa shape index (κ3) is 2.07. The van der Waals surface area contributed by atoms with Gasteiger partial charge in [-0.2, -0.15) is 0 Å². The molecule has 0 atom stereocenters. The van der Waals surface area contributed by atoms with Crippen LogP contribution in [-0.4, -0.2) is 17.5 Å². The number of anilines is 1. The van der Waals surface area contributed by atoms with Gasteiger partial charge >= 0.3 is 0 Å². The fourth-order valence-corrected chi connectivity index (χ4v) is 2.03. The molecule has 1 amide bonds. The molecule has 0 spiro atoms. The summed E-state index contributed by atoms with van der Waals surface area (Å²) in [7, 11) is 0. The molecule has 0 aliphatic carbocycles. The molecule has 1 aliphatic rings. The molecule has 1 aromatic rings. The van der Waals surface area contributed by atoms with Gasteiger partial charge in [-0.05, 0) is 31.2 Å². The molecule has 1 aromatic carbocycles. The first-order chi connectivity index (χ1) is 7.72. The predicted molar refractivity (Wildman–Crippen MR) is 66.9 cm³/mol. The molecular formula is C12H13NO2S. The highest BCUT2D eigenvalue weighted by molar-refractivity contribution is 7.80. The number of carbonyl (C=O) groups is 1. The highest BCUT2D eigenvalue weighted by atomic mass is 32.1. The Labute approximate surface area is 100 Å². The smallest absolute Gasteiger partial charge is 0.232 e. The van der Waals surface area contributed by atoms with Crippen LogP contribution >= 0.6 is 12.2 Å². The molecule has 1 aliphatic heterocycles. The molecule has 0 N–H and O–H groups in total. The molecule has 1 fully saturated rings. The van der Waals surface area contributed by atoms with E-state index in [1.165, 1.54) is 0 Å². The Morgan fingerprint density at radius 3 is 2.50 bits per heavy atom. The van der Waals surface area contributed by atoms with Gasteiger partial charge in [0, 0.05) is 18.5 Å². The van der Waals surface area contributed by atoms with Gasteiger partial charge in [0.2, 0.25) is 5.91 Å². The topological polar surface area (TPSA) is 29.5 Å². The van der Waals surface area contributed by atoms with Gasteiger partial charge in [0.25, 0.3) is 0 Å². The average Bonchev–Trinajstić information content (AvgIpc) is 2.61. The standard InChI is InChI=1S/C12H13NO2S/c1-2-15-10-5-3-9(4-6-10)13-11(14)7-8-12(13)16/h3-6H,2,7-8H2,1H3. The van der Waals surface area contributed by atoms with Crippen LogP contribution in [-0.2, 0) is 4.79 Å². The maximum atomic E-state index is 11.6. The van der Waals surface area contributed by atoms with Gasteiger partial charge in [-0.25, -0.2) is 0 Å². The van der Waals surface area contributed by atoms with Crippen molar-refractivity contribution in [3.63, 3.8) is 0 Å². The number of hydrogen-bond acceptors (Lipinski definition) is 3. The van der Waals surface area contributed by atoms with Crippen molar-refractivity contribution in [2.24, 2.45) is 0 Å². The largest absolute Gasteiger partial charge is 0.494 e. The Hall–Kier alpha value is -1.42. The quantitative estimate of drug-likeness (QED) is 0.754. The Morgan fingerprint density at radius 2 is 2.00 bits per heavy atom. The number of nitrogens with zero attached hydrogens (tertiary/aromatic N) is 1. The molecule has 4 heteroatoms. The van der Waals surface area contributed by atoms with Crippen LogP contribution in [0.3, 0.4) is 0 Å². The van der Waals surface area contributed by atoms with Crippen molar-refractivity contribution in [3.05, 3.63) is 24.3 Å². The van der Waals surface area contributed by atoms with Gasteiger partial charge in [-0.15, -0.1) is 0 Å². The zero-order chi connectivity index (χ0) is 11.5. The second-order valence-corrected chi connectivity index (χ2v) is 4.02. The van der Waals surface area contributed by atoms with Crippen molar-refractivity contribution in [2.45, 2.75) is 19.8 Å². The predicted octanol–water partition coefficient (Wildman–Crippen LogP) is 2.54. The summed E-state index contributed by atoms with van der Waals surface area (Å²) >= 11 is 5.16. The number of benzene rings is 1. The van der Waals surface area contributed by atoms with Crippen LogP contribution in [0.1, 0.15) is 19.8 Å². The van der Waals surface area contributed by atoms with Crippen LogP contribution in [0, 0.1) is 0 Å². The minimum absolute atomic E-state index is 0.0779. The summed E-state index contributed by atoms with van der Waals surface area (Å²) in [6.07, 6.45) is 1.20. The molecule has 0 radical (unpaired) electrons. The zero-order valence-corrected chi connectivity index (χ0v) is 9.92. The Balaban J connectivity index is 2.21. The van der Waals surface area contributed by atoms with Crippen LogP contribution in [0.15, 0.2) is 24.3 Å². The molecule has 3 nitrogen and oxygen atoms in total. The monoisotopic (exact) mass is 235 g/mol. The van der Waals surface area contributed by atoms with E-state index < -0.39 is 0 Å². The Morgan fingerprint density at radius 1 is 1.31 bits per heavy atom. The summed E-state index contributed by atoms with van der Waals surface area (Å²) in [5.41, 5.74) is 0.830. The lowest BCUT2D eigenvalue weighted by molar-refractivity contribution is -0.116. The van der Waals surface area contributed by atoms with Crippen LogP contribution in [0.2, 0.25) is 0 Å². The van der Waals surface area contributed by atoms with Crippen molar-refractivity contribution in [1.82, 2.24) is 0 Å². The fourth-order valence-electron chi connectivity index (χ4n) is 1.72. The first-order valence-electron chi connectivity index (χ1n) is 5.31. The normalized spacial score (nSPS) is 15.7. The van der Waals surface area contributed by atoms with Gasteiger partial charge < -0.3 is 4.74 Å². The number of hydrogen-bond donors (Lipinski definition) is 0. The molecular weight excluding hydrogens is 222 g/mol. The molecule has 84 valence electrons. The molecule has 1 heterocycles. The van der Waals surface area contributed by atoms with Crippen LogP contribution < -0.4 is 9.64 Å². The molecule has 0 unspecified atom stereocenters.